The molecule has 5 heteroatoms. The molecular formula is C14H18BNO3. The number of amides is 1. The van der Waals surface area contributed by atoms with Crippen LogP contribution in [0.15, 0.2) is 24.3 Å². The first-order valence-electron chi connectivity index (χ1n) is 6.92. The number of rotatable bonds is 4. The highest BCUT2D eigenvalue weighted by molar-refractivity contribution is 6.45. The van der Waals surface area contributed by atoms with Crippen molar-refractivity contribution in [1.82, 2.24) is 0 Å². The SMILES string of the molecule is O=C1CCc2cccc(c2)N1C(CC1CC1)B(O)O. The van der Waals surface area contributed by atoms with E-state index >= 15 is 0 Å². The molecule has 1 aliphatic heterocycles. The lowest BCUT2D eigenvalue weighted by atomic mass is 9.74. The van der Waals surface area contributed by atoms with Gasteiger partial charge in [-0.1, -0.05) is 25.0 Å². The summed E-state index contributed by atoms with van der Waals surface area (Å²) < 4.78 is 0. The zero-order valence-corrected chi connectivity index (χ0v) is 10.8. The maximum atomic E-state index is 12.3. The van der Waals surface area contributed by atoms with Crippen LogP contribution in [-0.2, 0) is 11.2 Å². The van der Waals surface area contributed by atoms with Crippen LogP contribution >= 0.6 is 0 Å². The van der Waals surface area contributed by atoms with E-state index in [1.165, 1.54) is 0 Å². The molecule has 3 rings (SSSR count). The molecule has 0 radical (unpaired) electrons. The third-order valence-electron chi connectivity index (χ3n) is 4.03. The van der Waals surface area contributed by atoms with Gasteiger partial charge in [0.25, 0.3) is 0 Å². The number of anilines is 1. The Morgan fingerprint density at radius 1 is 1.32 bits per heavy atom. The van der Waals surface area contributed by atoms with Gasteiger partial charge >= 0.3 is 7.12 Å². The van der Waals surface area contributed by atoms with Crippen LogP contribution in [-0.4, -0.2) is 29.0 Å². The number of nitrogens with zero attached hydrogens (tertiary/aromatic N) is 1. The molecule has 100 valence electrons. The van der Waals surface area contributed by atoms with Gasteiger partial charge < -0.3 is 14.9 Å². The Bertz CT molecular complexity index is 487. The zero-order valence-electron chi connectivity index (χ0n) is 10.8. The van der Waals surface area contributed by atoms with Crippen LogP contribution in [0.2, 0.25) is 0 Å². The molecule has 1 unspecified atom stereocenters. The van der Waals surface area contributed by atoms with Crippen molar-refractivity contribution in [3.63, 3.8) is 0 Å². The van der Waals surface area contributed by atoms with Crippen molar-refractivity contribution in [3.05, 3.63) is 29.8 Å². The average Bonchev–Trinajstić information content (AvgIpc) is 3.19. The lowest BCUT2D eigenvalue weighted by Crippen LogP contribution is -2.50. The number of hydrogen-bond donors (Lipinski definition) is 2. The Hall–Kier alpha value is -1.33. The highest BCUT2D eigenvalue weighted by Crippen LogP contribution is 2.36. The second-order valence-corrected chi connectivity index (χ2v) is 5.59. The molecule has 2 aliphatic rings. The van der Waals surface area contributed by atoms with Gasteiger partial charge in [-0.15, -0.1) is 0 Å². The first-order valence-corrected chi connectivity index (χ1v) is 6.92. The lowest BCUT2D eigenvalue weighted by molar-refractivity contribution is -0.118. The first kappa shape index (κ1) is 12.7. The van der Waals surface area contributed by atoms with Crippen LogP contribution in [0.1, 0.15) is 31.2 Å². The van der Waals surface area contributed by atoms with Gasteiger partial charge in [-0.2, -0.15) is 0 Å². The molecule has 1 heterocycles. The lowest BCUT2D eigenvalue weighted by Gasteiger charge is -2.30. The monoisotopic (exact) mass is 259 g/mol. The highest BCUT2D eigenvalue weighted by atomic mass is 16.4. The molecule has 1 atom stereocenters. The predicted molar refractivity (Wildman–Crippen MR) is 73.6 cm³/mol. The molecule has 19 heavy (non-hydrogen) atoms. The summed E-state index contributed by atoms with van der Waals surface area (Å²) in [6.45, 7) is 0. The molecule has 1 saturated carbocycles. The van der Waals surface area contributed by atoms with E-state index in [1.54, 1.807) is 4.90 Å². The van der Waals surface area contributed by atoms with Crippen LogP contribution in [0.4, 0.5) is 5.69 Å². The topological polar surface area (TPSA) is 60.8 Å². The van der Waals surface area contributed by atoms with Crippen molar-refractivity contribution in [1.29, 1.82) is 0 Å². The van der Waals surface area contributed by atoms with Crippen molar-refractivity contribution in [2.75, 3.05) is 4.90 Å². The van der Waals surface area contributed by atoms with Crippen molar-refractivity contribution in [2.45, 2.75) is 38.0 Å². The van der Waals surface area contributed by atoms with Gasteiger partial charge in [0, 0.05) is 12.1 Å². The maximum Gasteiger partial charge on any atom is 0.476 e. The van der Waals surface area contributed by atoms with Gasteiger partial charge in [-0.25, -0.2) is 0 Å². The molecule has 1 aromatic carbocycles. The van der Waals surface area contributed by atoms with Crippen molar-refractivity contribution in [3.8, 4) is 0 Å². The summed E-state index contributed by atoms with van der Waals surface area (Å²) in [6, 6.07) is 7.78. The number of aryl methyl sites for hydroxylation is 1. The molecule has 1 amide bonds. The molecule has 0 saturated heterocycles. The van der Waals surface area contributed by atoms with E-state index in [1.807, 2.05) is 24.3 Å². The number of carbonyl (C=O) groups is 1. The zero-order chi connectivity index (χ0) is 13.4. The minimum absolute atomic E-state index is 0.0139. The number of benzene rings is 1. The minimum atomic E-state index is -1.48. The third-order valence-corrected chi connectivity index (χ3v) is 4.03. The second-order valence-electron chi connectivity index (χ2n) is 5.59. The summed E-state index contributed by atoms with van der Waals surface area (Å²) in [6.07, 6.45) is 4.09. The van der Waals surface area contributed by atoms with Gasteiger partial charge in [0.05, 0.1) is 5.94 Å². The van der Waals surface area contributed by atoms with E-state index in [4.69, 9.17) is 0 Å². The van der Waals surface area contributed by atoms with Crippen molar-refractivity contribution in [2.24, 2.45) is 5.92 Å². The molecular weight excluding hydrogens is 241 g/mol. The summed E-state index contributed by atoms with van der Waals surface area (Å²) in [7, 11) is -1.48. The average molecular weight is 259 g/mol. The highest BCUT2D eigenvalue weighted by Gasteiger charge is 2.39. The Labute approximate surface area is 113 Å². The van der Waals surface area contributed by atoms with Gasteiger partial charge in [0.15, 0.2) is 0 Å². The van der Waals surface area contributed by atoms with Gasteiger partial charge in [0.2, 0.25) is 5.91 Å². The molecule has 0 spiro atoms. The quantitative estimate of drug-likeness (QED) is 0.797. The van der Waals surface area contributed by atoms with E-state index in [-0.39, 0.29) is 5.91 Å². The molecule has 2 bridgehead atoms. The van der Waals surface area contributed by atoms with E-state index in [0.717, 1.165) is 30.5 Å². The Kier molecular flexibility index (Phi) is 3.33. The van der Waals surface area contributed by atoms with Crippen LogP contribution in [0.5, 0.6) is 0 Å². The Morgan fingerprint density at radius 3 is 2.79 bits per heavy atom. The fourth-order valence-corrected chi connectivity index (χ4v) is 2.81. The fourth-order valence-electron chi connectivity index (χ4n) is 2.81. The van der Waals surface area contributed by atoms with E-state index in [0.29, 0.717) is 18.8 Å². The third kappa shape index (κ3) is 2.67. The summed E-state index contributed by atoms with van der Waals surface area (Å²) >= 11 is 0. The van der Waals surface area contributed by atoms with Crippen LogP contribution in [0.3, 0.4) is 0 Å². The minimum Gasteiger partial charge on any atom is -0.426 e. The second kappa shape index (κ2) is 4.98. The number of hydrogen-bond acceptors (Lipinski definition) is 3. The maximum absolute atomic E-state index is 12.3. The standard InChI is InChI=1S/C14H18BNO3/c17-14-7-6-10-2-1-3-12(8-10)16(14)13(15(18)19)9-11-4-5-11/h1-3,8,11,13,18-19H,4-7,9H2. The van der Waals surface area contributed by atoms with Gasteiger partial charge in [0.1, 0.15) is 0 Å². The van der Waals surface area contributed by atoms with Gasteiger partial charge in [-0.3, -0.25) is 4.79 Å². The Balaban J connectivity index is 1.92. The van der Waals surface area contributed by atoms with Crippen LogP contribution < -0.4 is 4.90 Å². The predicted octanol–water partition coefficient (Wildman–Crippen LogP) is 1.15. The molecule has 0 aromatic heterocycles. The normalized spacial score (nSPS) is 20.1. The van der Waals surface area contributed by atoms with Crippen molar-refractivity contribution < 1.29 is 14.8 Å². The van der Waals surface area contributed by atoms with E-state index in [9.17, 15) is 14.8 Å². The summed E-state index contributed by atoms with van der Waals surface area (Å²) in [5.41, 5.74) is 1.92. The fraction of sp³-hybridized carbons (Fsp3) is 0.500. The first-order chi connectivity index (χ1) is 9.15. The largest absolute Gasteiger partial charge is 0.476 e. The molecule has 2 N–H and O–H groups in total. The molecule has 4 nitrogen and oxygen atoms in total. The smallest absolute Gasteiger partial charge is 0.426 e. The molecule has 1 aromatic rings. The summed E-state index contributed by atoms with van der Waals surface area (Å²) in [5, 5.41) is 19.3. The summed E-state index contributed by atoms with van der Waals surface area (Å²) in [5.74, 6) is -0.000615. The van der Waals surface area contributed by atoms with Crippen LogP contribution in [0.25, 0.3) is 0 Å². The molecule has 1 aliphatic carbocycles. The number of fused-ring (bicyclic) bond motifs is 2. The van der Waals surface area contributed by atoms with E-state index < -0.39 is 13.1 Å². The molecule has 1 fully saturated rings. The van der Waals surface area contributed by atoms with E-state index in [2.05, 4.69) is 0 Å². The van der Waals surface area contributed by atoms with Crippen molar-refractivity contribution >= 4 is 18.7 Å². The van der Waals surface area contributed by atoms with Gasteiger partial charge in [-0.05, 0) is 36.5 Å². The van der Waals surface area contributed by atoms with Crippen LogP contribution in [0, 0.1) is 5.92 Å². The Morgan fingerprint density at radius 2 is 2.11 bits per heavy atom. The summed E-state index contributed by atoms with van der Waals surface area (Å²) in [4.78, 5) is 13.9. The number of carbonyl (C=O) groups excluding carboxylic acids is 1.